The van der Waals surface area contributed by atoms with Gasteiger partial charge in [0, 0.05) is 24.5 Å². The standard InChI is InChI=1S/C32H38ClN3O3/c1-24-13-18-30(25(2)22-24)38-21-9-8-20-36-29-11-6-5-10-28(29)35-31(36)12-4-3-7-19-34-32(37)23-39-27-16-14-26(33)15-17-27/h5-6,10-11,13-18,22H,3-4,7-9,12,19-21,23H2,1-2H3,(H,34,37). The van der Waals surface area contributed by atoms with E-state index in [2.05, 4.69) is 60.1 Å². The number of halogens is 1. The van der Waals surface area contributed by atoms with E-state index in [4.69, 9.17) is 26.1 Å². The summed E-state index contributed by atoms with van der Waals surface area (Å²) in [7, 11) is 0. The van der Waals surface area contributed by atoms with E-state index in [-0.39, 0.29) is 12.5 Å². The van der Waals surface area contributed by atoms with Crippen molar-refractivity contribution in [3.8, 4) is 11.5 Å². The van der Waals surface area contributed by atoms with E-state index >= 15 is 0 Å². The van der Waals surface area contributed by atoms with Crippen molar-refractivity contribution >= 4 is 28.5 Å². The van der Waals surface area contributed by atoms with Crippen LogP contribution in [0.25, 0.3) is 11.0 Å². The summed E-state index contributed by atoms with van der Waals surface area (Å²) in [4.78, 5) is 17.0. The van der Waals surface area contributed by atoms with Crippen LogP contribution in [0.15, 0.2) is 66.7 Å². The maximum Gasteiger partial charge on any atom is 0.257 e. The monoisotopic (exact) mass is 547 g/mol. The van der Waals surface area contributed by atoms with Gasteiger partial charge in [0.25, 0.3) is 5.91 Å². The maximum absolute atomic E-state index is 12.1. The third kappa shape index (κ3) is 8.75. The number of fused-ring (bicyclic) bond motifs is 1. The highest BCUT2D eigenvalue weighted by molar-refractivity contribution is 6.30. The van der Waals surface area contributed by atoms with Crippen LogP contribution in [0.4, 0.5) is 0 Å². The van der Waals surface area contributed by atoms with Gasteiger partial charge >= 0.3 is 0 Å². The summed E-state index contributed by atoms with van der Waals surface area (Å²) in [5.74, 6) is 2.62. The molecule has 3 aromatic carbocycles. The van der Waals surface area contributed by atoms with E-state index < -0.39 is 0 Å². The van der Waals surface area contributed by atoms with Gasteiger partial charge in [-0.2, -0.15) is 0 Å². The fourth-order valence-corrected chi connectivity index (χ4v) is 4.75. The van der Waals surface area contributed by atoms with Crippen molar-refractivity contribution in [2.24, 2.45) is 0 Å². The molecular formula is C32H38ClN3O3. The lowest BCUT2D eigenvalue weighted by molar-refractivity contribution is -0.123. The molecule has 1 N–H and O–H groups in total. The van der Waals surface area contributed by atoms with E-state index in [0.717, 1.165) is 62.2 Å². The van der Waals surface area contributed by atoms with Crippen molar-refractivity contribution in [3.63, 3.8) is 0 Å². The maximum atomic E-state index is 12.1. The Hall–Kier alpha value is -3.51. The quantitative estimate of drug-likeness (QED) is 0.162. The molecule has 0 radical (unpaired) electrons. The minimum atomic E-state index is -0.117. The van der Waals surface area contributed by atoms with Gasteiger partial charge in [-0.25, -0.2) is 4.98 Å². The third-order valence-electron chi connectivity index (χ3n) is 6.68. The third-order valence-corrected chi connectivity index (χ3v) is 6.93. The minimum absolute atomic E-state index is 0.00131. The van der Waals surface area contributed by atoms with Crippen LogP contribution in [0.2, 0.25) is 5.02 Å². The molecule has 0 aliphatic heterocycles. The van der Waals surface area contributed by atoms with Gasteiger partial charge in [-0.05, 0) is 87.6 Å². The lowest BCUT2D eigenvalue weighted by Gasteiger charge is -2.12. The minimum Gasteiger partial charge on any atom is -0.493 e. The van der Waals surface area contributed by atoms with Crippen molar-refractivity contribution in [1.29, 1.82) is 0 Å². The molecule has 0 fully saturated rings. The van der Waals surface area contributed by atoms with E-state index in [1.165, 1.54) is 16.6 Å². The Morgan fingerprint density at radius 2 is 1.74 bits per heavy atom. The first-order chi connectivity index (χ1) is 19.0. The molecule has 0 aliphatic rings. The molecular weight excluding hydrogens is 510 g/mol. The zero-order chi connectivity index (χ0) is 27.5. The largest absolute Gasteiger partial charge is 0.493 e. The number of benzene rings is 3. The van der Waals surface area contributed by atoms with Gasteiger partial charge in [0.05, 0.1) is 17.6 Å². The van der Waals surface area contributed by atoms with E-state index in [1.807, 2.05) is 6.07 Å². The highest BCUT2D eigenvalue weighted by Gasteiger charge is 2.10. The van der Waals surface area contributed by atoms with Gasteiger partial charge < -0.3 is 19.4 Å². The first-order valence-corrected chi connectivity index (χ1v) is 14.2. The Labute approximate surface area is 236 Å². The number of hydrogen-bond donors (Lipinski definition) is 1. The molecule has 7 heteroatoms. The van der Waals surface area contributed by atoms with Crippen molar-refractivity contribution in [2.75, 3.05) is 19.8 Å². The molecule has 0 spiro atoms. The summed E-state index contributed by atoms with van der Waals surface area (Å²) < 4.78 is 13.9. The number of nitrogens with one attached hydrogen (secondary N) is 1. The van der Waals surface area contributed by atoms with Crippen LogP contribution in [0.1, 0.15) is 49.1 Å². The van der Waals surface area contributed by atoms with Crippen LogP contribution in [-0.4, -0.2) is 35.2 Å². The second kappa shape index (κ2) is 14.6. The molecule has 6 nitrogen and oxygen atoms in total. The number of unbranched alkanes of at least 4 members (excludes halogenated alkanes) is 3. The van der Waals surface area contributed by atoms with Crippen LogP contribution in [0.3, 0.4) is 0 Å². The Kier molecular flexibility index (Phi) is 10.7. The van der Waals surface area contributed by atoms with Gasteiger partial charge in [0.15, 0.2) is 6.61 Å². The van der Waals surface area contributed by atoms with Crippen molar-refractivity contribution in [1.82, 2.24) is 14.9 Å². The number of carbonyl (C=O) groups excluding carboxylic acids is 1. The number of imidazole rings is 1. The molecule has 1 aromatic heterocycles. The Balaban J connectivity index is 1.17. The molecule has 0 bridgehead atoms. The summed E-state index contributed by atoms with van der Waals surface area (Å²) in [5.41, 5.74) is 4.68. The van der Waals surface area contributed by atoms with Gasteiger partial charge in [0.2, 0.25) is 0 Å². The molecule has 1 heterocycles. The molecule has 1 amide bonds. The summed E-state index contributed by atoms with van der Waals surface area (Å²) in [6, 6.07) is 21.7. The molecule has 4 rings (SSSR count). The second-order valence-corrected chi connectivity index (χ2v) is 10.3. The Morgan fingerprint density at radius 3 is 2.56 bits per heavy atom. The number of nitrogens with zero attached hydrogens (tertiary/aromatic N) is 2. The number of hydrogen-bond acceptors (Lipinski definition) is 4. The first kappa shape index (κ1) is 28.5. The first-order valence-electron chi connectivity index (χ1n) is 13.8. The highest BCUT2D eigenvalue weighted by Crippen LogP contribution is 2.21. The van der Waals surface area contributed by atoms with Crippen LogP contribution in [0.5, 0.6) is 11.5 Å². The number of rotatable bonds is 15. The zero-order valence-electron chi connectivity index (χ0n) is 22.9. The van der Waals surface area contributed by atoms with Crippen molar-refractivity contribution in [3.05, 3.63) is 88.7 Å². The smallest absolute Gasteiger partial charge is 0.257 e. The summed E-state index contributed by atoms with van der Waals surface area (Å²) >= 11 is 5.87. The van der Waals surface area contributed by atoms with Gasteiger partial charge in [-0.15, -0.1) is 0 Å². The van der Waals surface area contributed by atoms with Gasteiger partial charge in [-0.1, -0.05) is 47.9 Å². The number of para-hydroxylation sites is 2. The van der Waals surface area contributed by atoms with E-state index in [0.29, 0.717) is 23.9 Å². The average Bonchev–Trinajstić information content (AvgIpc) is 3.28. The van der Waals surface area contributed by atoms with Crippen LogP contribution >= 0.6 is 11.6 Å². The van der Waals surface area contributed by atoms with E-state index in [9.17, 15) is 4.79 Å². The molecule has 0 unspecified atom stereocenters. The zero-order valence-corrected chi connectivity index (χ0v) is 23.7. The Bertz CT molecular complexity index is 1350. The Morgan fingerprint density at radius 1 is 0.923 bits per heavy atom. The van der Waals surface area contributed by atoms with E-state index in [1.54, 1.807) is 24.3 Å². The molecule has 4 aromatic rings. The number of amides is 1. The molecule has 0 saturated carbocycles. The predicted octanol–water partition coefficient (Wildman–Crippen LogP) is 7.07. The van der Waals surface area contributed by atoms with Crippen molar-refractivity contribution in [2.45, 2.75) is 58.9 Å². The van der Waals surface area contributed by atoms with Gasteiger partial charge in [-0.3, -0.25) is 4.79 Å². The summed E-state index contributed by atoms with van der Waals surface area (Å²) in [6.45, 7) is 6.47. The SMILES string of the molecule is Cc1ccc(OCCCCn2c(CCCCCNC(=O)COc3ccc(Cl)cc3)nc3ccccc32)c(C)c1. The van der Waals surface area contributed by atoms with Crippen LogP contribution in [-0.2, 0) is 17.8 Å². The van der Waals surface area contributed by atoms with Crippen LogP contribution in [0, 0.1) is 13.8 Å². The number of carbonyl (C=O) groups is 1. The molecule has 0 aliphatic carbocycles. The van der Waals surface area contributed by atoms with Crippen LogP contribution < -0.4 is 14.8 Å². The fraction of sp³-hybridized carbons (Fsp3) is 0.375. The summed E-state index contributed by atoms with van der Waals surface area (Å²) in [5, 5.41) is 3.57. The lowest BCUT2D eigenvalue weighted by atomic mass is 10.1. The van der Waals surface area contributed by atoms with Crippen molar-refractivity contribution < 1.29 is 14.3 Å². The topological polar surface area (TPSA) is 65.4 Å². The fourth-order valence-electron chi connectivity index (χ4n) is 4.62. The second-order valence-electron chi connectivity index (χ2n) is 9.90. The van der Waals surface area contributed by atoms with Gasteiger partial charge in [0.1, 0.15) is 17.3 Å². The lowest BCUT2D eigenvalue weighted by Crippen LogP contribution is -2.29. The number of aromatic nitrogens is 2. The molecule has 0 atom stereocenters. The number of ether oxygens (including phenoxy) is 2. The predicted molar refractivity (Wildman–Crippen MR) is 158 cm³/mol. The molecule has 39 heavy (non-hydrogen) atoms. The summed E-state index contributed by atoms with van der Waals surface area (Å²) in [6.07, 6.45) is 5.90. The normalized spacial score (nSPS) is 11.1. The highest BCUT2D eigenvalue weighted by atomic mass is 35.5. The number of aryl methyl sites for hydroxylation is 4. The molecule has 206 valence electrons. The average molecular weight is 548 g/mol. The molecule has 0 saturated heterocycles.